The zero-order valence-corrected chi connectivity index (χ0v) is 10.5. The van der Waals surface area contributed by atoms with Crippen molar-refractivity contribution >= 4 is 0 Å². The number of hydrogen-bond donors (Lipinski definition) is 2. The lowest BCUT2D eigenvalue weighted by Crippen LogP contribution is -2.50. The molecule has 0 amide bonds. The molecule has 1 aliphatic rings. The summed E-state index contributed by atoms with van der Waals surface area (Å²) < 4.78 is 43.8. The van der Waals surface area contributed by atoms with Crippen molar-refractivity contribution in [1.29, 1.82) is 0 Å². The Morgan fingerprint density at radius 3 is 2.47 bits per heavy atom. The van der Waals surface area contributed by atoms with E-state index < -0.39 is 23.3 Å². The largest absolute Gasteiger partial charge is 0.496 e. The molecule has 0 radical (unpaired) electrons. The van der Waals surface area contributed by atoms with Crippen LogP contribution in [0.3, 0.4) is 0 Å². The van der Waals surface area contributed by atoms with Crippen LogP contribution in [0.2, 0.25) is 0 Å². The molecule has 1 aromatic rings. The van der Waals surface area contributed by atoms with E-state index in [0.29, 0.717) is 18.4 Å². The molecule has 0 unspecified atom stereocenters. The first-order valence-electron chi connectivity index (χ1n) is 5.97. The van der Waals surface area contributed by atoms with E-state index in [1.165, 1.54) is 13.2 Å². The summed E-state index contributed by atoms with van der Waals surface area (Å²) in [5, 5.41) is 9.45. The average molecular weight is 275 g/mol. The minimum absolute atomic E-state index is 0.182. The first-order chi connectivity index (χ1) is 8.84. The molecular weight excluding hydrogens is 259 g/mol. The number of alkyl halides is 3. The van der Waals surface area contributed by atoms with Gasteiger partial charge in [-0.05, 0) is 18.9 Å². The van der Waals surface area contributed by atoms with Gasteiger partial charge in [0, 0.05) is 17.5 Å². The van der Waals surface area contributed by atoms with Gasteiger partial charge in [-0.1, -0.05) is 12.1 Å². The lowest BCUT2D eigenvalue weighted by atomic mass is 9.62. The summed E-state index contributed by atoms with van der Waals surface area (Å²) >= 11 is 0. The summed E-state index contributed by atoms with van der Waals surface area (Å²) in [5.74, 6) is -0.188. The van der Waals surface area contributed by atoms with Crippen molar-refractivity contribution < 1.29 is 23.0 Å². The highest BCUT2D eigenvalue weighted by Gasteiger charge is 2.47. The van der Waals surface area contributed by atoms with E-state index >= 15 is 0 Å². The molecule has 1 fully saturated rings. The summed E-state index contributed by atoms with van der Waals surface area (Å²) in [6, 6.07) is 3.93. The van der Waals surface area contributed by atoms with Gasteiger partial charge >= 0.3 is 6.18 Å². The predicted molar refractivity (Wildman–Crippen MR) is 64.0 cm³/mol. The van der Waals surface area contributed by atoms with Gasteiger partial charge in [0.2, 0.25) is 0 Å². The van der Waals surface area contributed by atoms with Crippen LogP contribution in [-0.4, -0.2) is 24.9 Å². The Morgan fingerprint density at radius 2 is 2.05 bits per heavy atom. The molecule has 0 spiro atoms. The maximum atomic E-state index is 12.9. The normalized spacial score (nSPS) is 26.9. The van der Waals surface area contributed by atoms with Gasteiger partial charge < -0.3 is 15.6 Å². The van der Waals surface area contributed by atoms with Crippen molar-refractivity contribution in [3.8, 4) is 5.75 Å². The average Bonchev–Trinajstić information content (AvgIpc) is 2.32. The predicted octanol–water partition coefficient (Wildman–Crippen LogP) is 2.07. The fourth-order valence-corrected chi connectivity index (χ4v) is 2.74. The number of benzene rings is 1. The second-order valence-corrected chi connectivity index (χ2v) is 4.93. The Bertz CT molecular complexity index is 467. The highest BCUT2D eigenvalue weighted by molar-refractivity contribution is 5.49. The molecule has 3 N–H and O–H groups in total. The number of aliphatic hydroxyl groups excluding tert-OH is 1. The van der Waals surface area contributed by atoms with Crippen LogP contribution in [0.25, 0.3) is 0 Å². The van der Waals surface area contributed by atoms with E-state index in [4.69, 9.17) is 10.5 Å². The Labute approximate surface area is 109 Å². The molecule has 1 saturated carbocycles. The van der Waals surface area contributed by atoms with Gasteiger partial charge in [0.25, 0.3) is 0 Å². The summed E-state index contributed by atoms with van der Waals surface area (Å²) in [6.45, 7) is 0.182. The number of halogens is 3. The number of hydrogen-bond acceptors (Lipinski definition) is 3. The van der Waals surface area contributed by atoms with E-state index in [1.54, 1.807) is 6.07 Å². The van der Waals surface area contributed by atoms with E-state index in [1.807, 2.05) is 0 Å². The monoisotopic (exact) mass is 275 g/mol. The van der Waals surface area contributed by atoms with Gasteiger partial charge in [-0.2, -0.15) is 13.2 Å². The fraction of sp³-hybridized carbons (Fsp3) is 0.538. The molecule has 0 saturated heterocycles. The van der Waals surface area contributed by atoms with E-state index in [-0.39, 0.29) is 12.3 Å². The van der Waals surface area contributed by atoms with Gasteiger partial charge in [-0.25, -0.2) is 0 Å². The van der Waals surface area contributed by atoms with Gasteiger partial charge in [0.05, 0.1) is 18.8 Å². The standard InChI is InChI=1S/C13H16F3NO2/c1-19-11-9(12(7-17)5-8(18)6-12)3-2-4-10(11)13(14,15)16/h2-4,8,18H,5-7,17H2,1H3. The van der Waals surface area contributed by atoms with Crippen molar-refractivity contribution in [3.63, 3.8) is 0 Å². The molecular formula is C13H16F3NO2. The Balaban J connectivity index is 2.52. The van der Waals surface area contributed by atoms with Crippen molar-refractivity contribution in [3.05, 3.63) is 29.3 Å². The van der Waals surface area contributed by atoms with Gasteiger partial charge in [-0.15, -0.1) is 0 Å². The fourth-order valence-electron chi connectivity index (χ4n) is 2.74. The minimum atomic E-state index is -4.47. The topological polar surface area (TPSA) is 55.5 Å². The van der Waals surface area contributed by atoms with Gasteiger partial charge in [0.15, 0.2) is 0 Å². The minimum Gasteiger partial charge on any atom is -0.496 e. The summed E-state index contributed by atoms with van der Waals surface area (Å²) in [6.07, 6.45) is -4.26. The molecule has 0 atom stereocenters. The highest BCUT2D eigenvalue weighted by atomic mass is 19.4. The van der Waals surface area contributed by atoms with Crippen LogP contribution < -0.4 is 10.5 Å². The smallest absolute Gasteiger partial charge is 0.419 e. The molecule has 0 aliphatic heterocycles. The number of aliphatic hydroxyl groups is 1. The number of rotatable bonds is 3. The van der Waals surface area contributed by atoms with Crippen molar-refractivity contribution in [2.45, 2.75) is 30.5 Å². The van der Waals surface area contributed by atoms with Gasteiger partial charge in [0.1, 0.15) is 5.75 Å². The van der Waals surface area contributed by atoms with Crippen LogP contribution in [-0.2, 0) is 11.6 Å². The van der Waals surface area contributed by atoms with Crippen LogP contribution in [0.5, 0.6) is 5.75 Å². The van der Waals surface area contributed by atoms with Gasteiger partial charge in [-0.3, -0.25) is 0 Å². The number of ether oxygens (including phenoxy) is 1. The Hall–Kier alpha value is -1.27. The van der Waals surface area contributed by atoms with Crippen molar-refractivity contribution in [2.24, 2.45) is 5.73 Å². The van der Waals surface area contributed by atoms with Crippen LogP contribution in [0.4, 0.5) is 13.2 Å². The number of para-hydroxylation sites is 1. The maximum absolute atomic E-state index is 12.9. The molecule has 0 heterocycles. The molecule has 3 nitrogen and oxygen atoms in total. The molecule has 19 heavy (non-hydrogen) atoms. The van der Waals surface area contributed by atoms with Crippen LogP contribution in [0.1, 0.15) is 24.0 Å². The highest BCUT2D eigenvalue weighted by Crippen LogP contribution is 2.49. The molecule has 0 aromatic heterocycles. The Morgan fingerprint density at radius 1 is 1.42 bits per heavy atom. The van der Waals surface area contributed by atoms with Crippen molar-refractivity contribution in [1.82, 2.24) is 0 Å². The third kappa shape index (κ3) is 2.30. The second-order valence-electron chi connectivity index (χ2n) is 4.93. The van der Waals surface area contributed by atoms with E-state index in [2.05, 4.69) is 0 Å². The maximum Gasteiger partial charge on any atom is 0.419 e. The molecule has 6 heteroatoms. The van der Waals surface area contributed by atoms with E-state index in [9.17, 15) is 18.3 Å². The lowest BCUT2D eigenvalue weighted by molar-refractivity contribution is -0.138. The first kappa shape index (κ1) is 14.1. The molecule has 1 aliphatic carbocycles. The second kappa shape index (κ2) is 4.68. The SMILES string of the molecule is COc1c(C(F)(F)F)cccc1C1(CN)CC(O)C1. The molecule has 106 valence electrons. The summed E-state index contributed by atoms with van der Waals surface area (Å²) in [7, 11) is 1.22. The van der Waals surface area contributed by atoms with Crippen LogP contribution in [0.15, 0.2) is 18.2 Å². The molecule has 0 bridgehead atoms. The van der Waals surface area contributed by atoms with Crippen LogP contribution in [0, 0.1) is 0 Å². The van der Waals surface area contributed by atoms with E-state index in [0.717, 1.165) is 6.07 Å². The Kier molecular flexibility index (Phi) is 3.49. The first-order valence-corrected chi connectivity index (χ1v) is 5.97. The molecule has 1 aromatic carbocycles. The molecule has 2 rings (SSSR count). The van der Waals surface area contributed by atoms with Crippen molar-refractivity contribution in [2.75, 3.05) is 13.7 Å². The number of methoxy groups -OCH3 is 1. The zero-order chi connectivity index (χ0) is 14.3. The van der Waals surface area contributed by atoms with Crippen LogP contribution >= 0.6 is 0 Å². The summed E-state index contributed by atoms with van der Waals surface area (Å²) in [4.78, 5) is 0. The summed E-state index contributed by atoms with van der Waals surface area (Å²) in [5.41, 5.74) is 4.70. The number of nitrogens with two attached hydrogens (primary N) is 1. The third-order valence-corrected chi connectivity index (χ3v) is 3.74. The lowest BCUT2D eigenvalue weighted by Gasteiger charge is -2.45. The zero-order valence-electron chi connectivity index (χ0n) is 10.5. The third-order valence-electron chi connectivity index (χ3n) is 3.74. The quantitative estimate of drug-likeness (QED) is 0.888.